The van der Waals surface area contributed by atoms with Crippen LogP contribution in [-0.4, -0.2) is 49.3 Å². The quantitative estimate of drug-likeness (QED) is 0.797. The van der Waals surface area contributed by atoms with E-state index < -0.39 is 0 Å². The van der Waals surface area contributed by atoms with E-state index in [-0.39, 0.29) is 6.04 Å². The first-order chi connectivity index (χ1) is 9.35. The molecule has 1 aliphatic carbocycles. The van der Waals surface area contributed by atoms with Crippen LogP contribution in [0, 0.1) is 11.3 Å². The van der Waals surface area contributed by atoms with Crippen LogP contribution in [0.5, 0.6) is 0 Å². The Hall–Kier alpha value is -0.630. The minimum absolute atomic E-state index is 0.00448. The highest BCUT2D eigenvalue weighted by Gasteiger charge is 2.33. The summed E-state index contributed by atoms with van der Waals surface area (Å²) in [7, 11) is 0. The summed E-state index contributed by atoms with van der Waals surface area (Å²) >= 11 is 0. The smallest absolute Gasteiger partial charge is 0.0965 e. The maximum atomic E-state index is 9.16. The molecule has 2 aliphatic rings. The molecule has 0 amide bonds. The van der Waals surface area contributed by atoms with Crippen molar-refractivity contribution >= 4 is 0 Å². The van der Waals surface area contributed by atoms with E-state index in [1.54, 1.807) is 0 Å². The number of nitrogens with zero attached hydrogens (tertiary/aromatic N) is 2. The Bertz CT molecular complexity index is 300. The van der Waals surface area contributed by atoms with E-state index in [0.29, 0.717) is 12.1 Å². The summed E-state index contributed by atoms with van der Waals surface area (Å²) in [4.78, 5) is 2.56. The van der Waals surface area contributed by atoms with Gasteiger partial charge in [0.25, 0.3) is 0 Å². The van der Waals surface area contributed by atoms with Gasteiger partial charge in [-0.3, -0.25) is 4.90 Å². The van der Waals surface area contributed by atoms with Crippen LogP contribution in [0.1, 0.15) is 45.4 Å². The topological polar surface area (TPSA) is 48.3 Å². The molecule has 0 aromatic heterocycles. The number of hydrogen-bond acceptors (Lipinski definition) is 4. The fraction of sp³-hybridized carbons (Fsp3) is 0.933. The zero-order valence-corrected chi connectivity index (χ0v) is 12.1. The van der Waals surface area contributed by atoms with Crippen LogP contribution in [0.2, 0.25) is 0 Å². The molecular weight excluding hydrogens is 238 g/mol. The van der Waals surface area contributed by atoms with Crippen LogP contribution in [0.25, 0.3) is 0 Å². The first-order valence-electron chi connectivity index (χ1n) is 7.83. The summed E-state index contributed by atoms with van der Waals surface area (Å²) in [6.07, 6.45) is 7.60. The molecule has 1 heterocycles. The van der Waals surface area contributed by atoms with Gasteiger partial charge in [-0.2, -0.15) is 5.26 Å². The fourth-order valence-corrected chi connectivity index (χ4v) is 3.28. The van der Waals surface area contributed by atoms with Gasteiger partial charge >= 0.3 is 0 Å². The molecule has 1 saturated heterocycles. The highest BCUT2D eigenvalue weighted by molar-refractivity contribution is 4.92. The molecule has 0 radical (unpaired) electrons. The van der Waals surface area contributed by atoms with Crippen LogP contribution in [-0.2, 0) is 4.74 Å². The van der Waals surface area contributed by atoms with Crippen LogP contribution < -0.4 is 5.32 Å². The largest absolute Gasteiger partial charge is 0.375 e. The molecule has 2 fully saturated rings. The molecule has 1 saturated carbocycles. The van der Waals surface area contributed by atoms with Crippen LogP contribution in [0.3, 0.4) is 0 Å². The molecule has 0 bridgehead atoms. The number of hydrogen-bond donors (Lipinski definition) is 1. The predicted molar refractivity (Wildman–Crippen MR) is 75.9 cm³/mol. The van der Waals surface area contributed by atoms with Crippen molar-refractivity contribution in [3.63, 3.8) is 0 Å². The molecule has 4 nitrogen and oxygen atoms in total. The van der Waals surface area contributed by atoms with Crippen molar-refractivity contribution in [3.8, 4) is 6.07 Å². The lowest BCUT2D eigenvalue weighted by molar-refractivity contribution is -0.0884. The Balaban J connectivity index is 1.78. The van der Waals surface area contributed by atoms with E-state index in [9.17, 15) is 0 Å². The summed E-state index contributed by atoms with van der Waals surface area (Å²) in [5.74, 6) is 0. The third-order valence-electron chi connectivity index (χ3n) is 4.35. The van der Waals surface area contributed by atoms with Crippen LogP contribution >= 0.6 is 0 Å². The first-order valence-corrected chi connectivity index (χ1v) is 7.83. The van der Waals surface area contributed by atoms with E-state index in [1.807, 2.05) is 0 Å². The normalized spacial score (nSPS) is 29.5. The van der Waals surface area contributed by atoms with E-state index in [2.05, 4.69) is 23.2 Å². The monoisotopic (exact) mass is 265 g/mol. The Morgan fingerprint density at radius 2 is 2.26 bits per heavy atom. The van der Waals surface area contributed by atoms with Gasteiger partial charge in [0.2, 0.25) is 0 Å². The SMILES string of the molecule is CCCNC(C#N)CCN1CCOC2CCCCC21. The average Bonchev–Trinajstić information content (AvgIpc) is 2.47. The molecule has 2 rings (SSSR count). The van der Waals surface area contributed by atoms with Crippen molar-refractivity contribution in [2.45, 2.75) is 63.6 Å². The molecule has 0 spiro atoms. The highest BCUT2D eigenvalue weighted by Crippen LogP contribution is 2.28. The second-order valence-electron chi connectivity index (χ2n) is 5.72. The van der Waals surface area contributed by atoms with Gasteiger partial charge in [-0.05, 0) is 32.2 Å². The van der Waals surface area contributed by atoms with Gasteiger partial charge in [-0.1, -0.05) is 19.8 Å². The Morgan fingerprint density at radius 3 is 3.05 bits per heavy atom. The number of morpholine rings is 1. The predicted octanol–water partition coefficient (Wildman–Crippen LogP) is 1.91. The summed E-state index contributed by atoms with van der Waals surface area (Å²) in [5.41, 5.74) is 0. The molecule has 108 valence electrons. The average molecular weight is 265 g/mol. The Labute approximate surface area is 117 Å². The second kappa shape index (κ2) is 7.84. The first kappa shape index (κ1) is 14.8. The number of nitrogens with one attached hydrogen (secondary N) is 1. The summed E-state index contributed by atoms with van der Waals surface area (Å²) in [5, 5.41) is 12.5. The van der Waals surface area contributed by atoms with E-state index >= 15 is 0 Å². The second-order valence-corrected chi connectivity index (χ2v) is 5.72. The van der Waals surface area contributed by atoms with Gasteiger partial charge < -0.3 is 10.1 Å². The Kier molecular flexibility index (Phi) is 6.09. The van der Waals surface area contributed by atoms with Crippen LogP contribution in [0.15, 0.2) is 0 Å². The lowest BCUT2D eigenvalue weighted by Crippen LogP contribution is -2.53. The third kappa shape index (κ3) is 4.17. The highest BCUT2D eigenvalue weighted by atomic mass is 16.5. The molecule has 1 aliphatic heterocycles. The van der Waals surface area contributed by atoms with E-state index in [1.165, 1.54) is 25.7 Å². The van der Waals surface area contributed by atoms with Crippen LogP contribution in [0.4, 0.5) is 0 Å². The maximum Gasteiger partial charge on any atom is 0.0965 e. The molecule has 0 aromatic carbocycles. The minimum atomic E-state index is 0.00448. The molecule has 0 aromatic rings. The van der Waals surface area contributed by atoms with Gasteiger partial charge in [-0.25, -0.2) is 0 Å². The van der Waals surface area contributed by atoms with Crippen molar-refractivity contribution in [1.82, 2.24) is 10.2 Å². The summed E-state index contributed by atoms with van der Waals surface area (Å²) in [6.45, 7) is 6.00. The Morgan fingerprint density at radius 1 is 1.42 bits per heavy atom. The molecule has 4 heteroatoms. The minimum Gasteiger partial charge on any atom is -0.375 e. The van der Waals surface area contributed by atoms with Gasteiger partial charge in [-0.15, -0.1) is 0 Å². The van der Waals surface area contributed by atoms with Gasteiger partial charge in [0.15, 0.2) is 0 Å². The zero-order chi connectivity index (χ0) is 13.5. The molecular formula is C15H27N3O. The third-order valence-corrected chi connectivity index (χ3v) is 4.35. The van der Waals surface area contributed by atoms with Crippen molar-refractivity contribution in [3.05, 3.63) is 0 Å². The van der Waals surface area contributed by atoms with Gasteiger partial charge in [0.05, 0.1) is 24.8 Å². The lowest BCUT2D eigenvalue weighted by atomic mass is 9.90. The van der Waals surface area contributed by atoms with E-state index in [4.69, 9.17) is 10.00 Å². The zero-order valence-electron chi connectivity index (χ0n) is 12.1. The molecule has 1 N–H and O–H groups in total. The molecule has 19 heavy (non-hydrogen) atoms. The molecule has 3 unspecified atom stereocenters. The fourth-order valence-electron chi connectivity index (χ4n) is 3.28. The number of nitriles is 1. The molecule has 3 atom stereocenters. The number of rotatable bonds is 6. The number of ether oxygens (including phenoxy) is 1. The maximum absolute atomic E-state index is 9.16. The van der Waals surface area contributed by atoms with Crippen molar-refractivity contribution in [2.24, 2.45) is 0 Å². The lowest BCUT2D eigenvalue weighted by Gasteiger charge is -2.44. The number of fused-ring (bicyclic) bond motifs is 1. The van der Waals surface area contributed by atoms with Crippen molar-refractivity contribution < 1.29 is 4.74 Å². The van der Waals surface area contributed by atoms with Gasteiger partial charge in [0, 0.05) is 19.1 Å². The standard InChI is InChI=1S/C15H27N3O/c1-2-8-17-13(12-16)7-9-18-10-11-19-15-6-4-3-5-14(15)18/h13-15,17H,2-11H2,1H3. The van der Waals surface area contributed by atoms with E-state index in [0.717, 1.165) is 39.1 Å². The van der Waals surface area contributed by atoms with Crippen molar-refractivity contribution in [2.75, 3.05) is 26.2 Å². The summed E-state index contributed by atoms with van der Waals surface area (Å²) < 4.78 is 5.89. The summed E-state index contributed by atoms with van der Waals surface area (Å²) in [6, 6.07) is 2.99. The van der Waals surface area contributed by atoms with Crippen molar-refractivity contribution in [1.29, 1.82) is 5.26 Å². The van der Waals surface area contributed by atoms with Gasteiger partial charge in [0.1, 0.15) is 0 Å².